The first-order chi connectivity index (χ1) is 15.3. The number of rotatable bonds is 11. The number of hydrogen-bond acceptors (Lipinski definition) is 6. The quantitative estimate of drug-likeness (QED) is 0.552. The van der Waals surface area contributed by atoms with Crippen molar-refractivity contribution >= 4 is 9.84 Å². The summed E-state index contributed by atoms with van der Waals surface area (Å²) in [6.45, 7) is 7.83. The summed E-state index contributed by atoms with van der Waals surface area (Å²) in [7, 11) is -3.03. The summed E-state index contributed by atoms with van der Waals surface area (Å²) in [4.78, 5) is 2.07. The standard InChI is InChI=1S/C25H35NO5S/c1-4-12-30-24-8-6-21(7-9-24)15-26(22-11-13-32(28,29)18-22)16-23(27)17-31-25-10-5-19(2)14-20(25)3/h5-10,14,22-23,27H,4,11-13,15-18H2,1-3H3. The van der Waals surface area contributed by atoms with Gasteiger partial charge in [-0.05, 0) is 56.0 Å². The highest BCUT2D eigenvalue weighted by Crippen LogP contribution is 2.23. The van der Waals surface area contributed by atoms with E-state index in [0.29, 0.717) is 26.1 Å². The molecule has 0 bridgehead atoms. The second kappa shape index (κ2) is 11.2. The maximum absolute atomic E-state index is 12.1. The van der Waals surface area contributed by atoms with Gasteiger partial charge in [0.1, 0.15) is 24.2 Å². The average molecular weight is 462 g/mol. The molecule has 0 aliphatic carbocycles. The topological polar surface area (TPSA) is 76.1 Å². The van der Waals surface area contributed by atoms with Crippen LogP contribution in [0.5, 0.6) is 11.5 Å². The average Bonchev–Trinajstić information content (AvgIpc) is 3.12. The van der Waals surface area contributed by atoms with Gasteiger partial charge < -0.3 is 14.6 Å². The molecule has 1 aliphatic rings. The molecule has 176 valence electrons. The highest BCUT2D eigenvalue weighted by Gasteiger charge is 2.33. The van der Waals surface area contributed by atoms with E-state index >= 15 is 0 Å². The van der Waals surface area contributed by atoms with Crippen LogP contribution in [0.15, 0.2) is 42.5 Å². The second-order valence-corrected chi connectivity index (χ2v) is 10.9. The van der Waals surface area contributed by atoms with E-state index < -0.39 is 15.9 Å². The number of aliphatic hydroxyl groups excluding tert-OH is 1. The third-order valence-electron chi connectivity index (χ3n) is 5.71. The molecule has 0 amide bonds. The summed E-state index contributed by atoms with van der Waals surface area (Å²) in [6.07, 6.45) is 0.810. The molecule has 6 nitrogen and oxygen atoms in total. The maximum Gasteiger partial charge on any atom is 0.151 e. The summed E-state index contributed by atoms with van der Waals surface area (Å²) >= 11 is 0. The number of aliphatic hydroxyl groups is 1. The molecule has 7 heteroatoms. The molecule has 2 aromatic rings. The molecule has 0 saturated carbocycles. The number of hydrogen-bond donors (Lipinski definition) is 1. The zero-order chi connectivity index (χ0) is 23.1. The van der Waals surface area contributed by atoms with Gasteiger partial charge in [-0.3, -0.25) is 4.90 Å². The number of aryl methyl sites for hydroxylation is 2. The molecule has 1 N–H and O–H groups in total. The summed E-state index contributed by atoms with van der Waals surface area (Å²) in [5.41, 5.74) is 3.25. The molecule has 1 saturated heterocycles. The van der Waals surface area contributed by atoms with E-state index in [-0.39, 0.29) is 24.2 Å². The SMILES string of the molecule is CCCOc1ccc(CN(CC(O)COc2ccc(C)cc2C)C2CCS(=O)(=O)C2)cc1. The van der Waals surface area contributed by atoms with Crippen molar-refractivity contribution in [1.82, 2.24) is 4.90 Å². The lowest BCUT2D eigenvalue weighted by atomic mass is 10.1. The van der Waals surface area contributed by atoms with E-state index in [0.717, 1.165) is 34.6 Å². The van der Waals surface area contributed by atoms with Crippen LogP contribution in [-0.4, -0.2) is 61.8 Å². The van der Waals surface area contributed by atoms with Crippen LogP contribution in [-0.2, 0) is 16.4 Å². The number of sulfone groups is 1. The normalized spacial score (nSPS) is 18.6. The van der Waals surface area contributed by atoms with Gasteiger partial charge in [0.15, 0.2) is 9.84 Å². The largest absolute Gasteiger partial charge is 0.494 e. The van der Waals surface area contributed by atoms with E-state index in [9.17, 15) is 13.5 Å². The fourth-order valence-corrected chi connectivity index (χ4v) is 5.78. The molecular formula is C25H35NO5S. The maximum atomic E-state index is 12.1. The molecule has 2 aromatic carbocycles. The zero-order valence-corrected chi connectivity index (χ0v) is 20.1. The van der Waals surface area contributed by atoms with E-state index in [4.69, 9.17) is 9.47 Å². The van der Waals surface area contributed by atoms with Gasteiger partial charge in [0.25, 0.3) is 0 Å². The fourth-order valence-electron chi connectivity index (χ4n) is 4.02. The lowest BCUT2D eigenvalue weighted by Crippen LogP contribution is -2.42. The molecule has 1 aliphatic heterocycles. The monoisotopic (exact) mass is 461 g/mol. The van der Waals surface area contributed by atoms with Gasteiger partial charge in [-0.2, -0.15) is 0 Å². The molecule has 0 radical (unpaired) electrons. The Labute approximate surface area is 192 Å². The van der Waals surface area contributed by atoms with E-state index in [1.54, 1.807) is 0 Å². The molecular weight excluding hydrogens is 426 g/mol. The number of ether oxygens (including phenoxy) is 2. The molecule has 1 fully saturated rings. The van der Waals surface area contributed by atoms with Crippen LogP contribution < -0.4 is 9.47 Å². The first kappa shape index (κ1) is 24.6. The molecule has 3 rings (SSSR count). The Hall–Kier alpha value is -2.09. The molecule has 0 spiro atoms. The third-order valence-corrected chi connectivity index (χ3v) is 7.46. The zero-order valence-electron chi connectivity index (χ0n) is 19.3. The van der Waals surface area contributed by atoms with Crippen LogP contribution in [0, 0.1) is 13.8 Å². The second-order valence-electron chi connectivity index (χ2n) is 8.71. The van der Waals surface area contributed by atoms with Crippen LogP contribution >= 0.6 is 0 Å². The van der Waals surface area contributed by atoms with Crippen LogP contribution in [0.4, 0.5) is 0 Å². The van der Waals surface area contributed by atoms with Crippen molar-refractivity contribution in [2.24, 2.45) is 0 Å². The summed E-state index contributed by atoms with van der Waals surface area (Å²) in [5, 5.41) is 10.7. The minimum absolute atomic E-state index is 0.105. The Morgan fingerprint density at radius 2 is 1.88 bits per heavy atom. The number of nitrogens with zero attached hydrogens (tertiary/aromatic N) is 1. The lowest BCUT2D eigenvalue weighted by Gasteiger charge is -2.30. The van der Waals surface area contributed by atoms with Gasteiger partial charge in [0, 0.05) is 19.1 Å². The van der Waals surface area contributed by atoms with E-state index in [1.807, 2.05) is 56.3 Å². The summed E-state index contributed by atoms with van der Waals surface area (Å²) in [5.74, 6) is 1.92. The predicted octanol–water partition coefficient (Wildman–Crippen LogP) is 3.52. The third kappa shape index (κ3) is 7.22. The smallest absolute Gasteiger partial charge is 0.151 e. The van der Waals surface area contributed by atoms with Gasteiger partial charge in [0.05, 0.1) is 18.1 Å². The first-order valence-electron chi connectivity index (χ1n) is 11.3. The van der Waals surface area contributed by atoms with Crippen molar-refractivity contribution in [3.63, 3.8) is 0 Å². The van der Waals surface area contributed by atoms with Crippen molar-refractivity contribution in [3.05, 3.63) is 59.2 Å². The highest BCUT2D eigenvalue weighted by molar-refractivity contribution is 7.91. The summed E-state index contributed by atoms with van der Waals surface area (Å²) in [6, 6.07) is 13.7. The van der Waals surface area contributed by atoms with Gasteiger partial charge in [-0.1, -0.05) is 36.8 Å². The van der Waals surface area contributed by atoms with Crippen LogP contribution in [0.25, 0.3) is 0 Å². The Morgan fingerprint density at radius 3 is 2.50 bits per heavy atom. The van der Waals surface area contributed by atoms with Crippen molar-refractivity contribution in [1.29, 1.82) is 0 Å². The Balaban J connectivity index is 1.64. The van der Waals surface area contributed by atoms with Crippen molar-refractivity contribution < 1.29 is 23.0 Å². The van der Waals surface area contributed by atoms with Gasteiger partial charge in [-0.15, -0.1) is 0 Å². The van der Waals surface area contributed by atoms with Gasteiger partial charge >= 0.3 is 0 Å². The summed E-state index contributed by atoms with van der Waals surface area (Å²) < 4.78 is 35.6. The van der Waals surface area contributed by atoms with Crippen LogP contribution in [0.1, 0.15) is 36.5 Å². The minimum Gasteiger partial charge on any atom is -0.494 e. The molecule has 32 heavy (non-hydrogen) atoms. The fraction of sp³-hybridized carbons (Fsp3) is 0.520. The number of benzene rings is 2. The molecule has 2 atom stereocenters. The molecule has 0 aromatic heterocycles. The first-order valence-corrected chi connectivity index (χ1v) is 13.1. The minimum atomic E-state index is -3.03. The Bertz CT molecular complexity index is 974. The predicted molar refractivity (Wildman–Crippen MR) is 127 cm³/mol. The van der Waals surface area contributed by atoms with Gasteiger partial charge in [-0.25, -0.2) is 8.42 Å². The van der Waals surface area contributed by atoms with Crippen LogP contribution in [0.2, 0.25) is 0 Å². The van der Waals surface area contributed by atoms with Crippen molar-refractivity contribution in [2.45, 2.75) is 52.3 Å². The van der Waals surface area contributed by atoms with Crippen molar-refractivity contribution in [2.75, 3.05) is 31.3 Å². The highest BCUT2D eigenvalue weighted by atomic mass is 32.2. The Kier molecular flexibility index (Phi) is 8.57. The molecule has 1 heterocycles. The van der Waals surface area contributed by atoms with E-state index in [1.165, 1.54) is 0 Å². The van der Waals surface area contributed by atoms with Crippen molar-refractivity contribution in [3.8, 4) is 11.5 Å². The van der Waals surface area contributed by atoms with Gasteiger partial charge in [0.2, 0.25) is 0 Å². The Morgan fingerprint density at radius 1 is 1.12 bits per heavy atom. The molecule has 2 unspecified atom stereocenters. The lowest BCUT2D eigenvalue weighted by molar-refractivity contribution is 0.0523. The van der Waals surface area contributed by atoms with Crippen LogP contribution in [0.3, 0.4) is 0 Å². The van der Waals surface area contributed by atoms with E-state index in [2.05, 4.69) is 11.8 Å².